The summed E-state index contributed by atoms with van der Waals surface area (Å²) in [4.78, 5) is 10.8. The Balaban J connectivity index is 1.95. The highest BCUT2D eigenvalue weighted by atomic mass is 16.8. The van der Waals surface area contributed by atoms with E-state index >= 15 is 0 Å². The number of hydrogen-bond acceptors (Lipinski definition) is 7. The molecule has 0 amide bonds. The normalized spacial score (nSPS) is 35.9. The van der Waals surface area contributed by atoms with Crippen molar-refractivity contribution in [1.82, 2.24) is 0 Å². The summed E-state index contributed by atoms with van der Waals surface area (Å²) in [6, 6.07) is 0. The molecule has 0 saturated carbocycles. The van der Waals surface area contributed by atoms with Gasteiger partial charge in [0.15, 0.2) is 0 Å². The predicted octanol–water partition coefficient (Wildman–Crippen LogP) is -0.321. The fraction of sp³-hybridized carbons (Fsp3) is 0.909. The summed E-state index contributed by atoms with van der Waals surface area (Å²) in [5.41, 5.74) is 0. The highest BCUT2D eigenvalue weighted by molar-refractivity contribution is 5.65. The summed E-state index contributed by atoms with van der Waals surface area (Å²) >= 11 is 0. The molecule has 2 heterocycles. The molecule has 4 atom stereocenters. The summed E-state index contributed by atoms with van der Waals surface area (Å²) < 4.78 is 31.8. The third-order valence-corrected chi connectivity index (χ3v) is 2.92. The zero-order valence-corrected chi connectivity index (χ0v) is 10.5. The zero-order valence-electron chi connectivity index (χ0n) is 10.5. The molecule has 2 rings (SSSR count). The average Bonchev–Trinajstić information content (AvgIpc) is 2.37. The summed E-state index contributed by atoms with van der Waals surface area (Å²) in [5, 5.41) is 0. The molecule has 7 heteroatoms. The molecule has 18 heavy (non-hydrogen) atoms. The molecule has 7 nitrogen and oxygen atoms in total. The Kier molecular flexibility index (Phi) is 4.90. The van der Waals surface area contributed by atoms with Crippen LogP contribution >= 0.6 is 0 Å². The number of fused-ring (bicyclic) bond motifs is 1. The van der Waals surface area contributed by atoms with Crippen molar-refractivity contribution in [1.29, 1.82) is 0 Å². The van der Waals surface area contributed by atoms with E-state index in [1.165, 1.54) is 6.92 Å². The number of esters is 1. The lowest BCUT2D eigenvalue weighted by Crippen LogP contribution is -2.59. The SMILES string of the molecule is COCC1OCOC2C(COC(C)=O)OCOC12. The standard InChI is InChI=1S/C11H18O7/c1-7(12)14-4-9-11-10(17-6-16-9)8(3-13-2)15-5-18-11/h8-11H,3-6H2,1-2H3. The quantitative estimate of drug-likeness (QED) is 0.643. The molecule has 2 fully saturated rings. The van der Waals surface area contributed by atoms with Crippen LogP contribution < -0.4 is 0 Å². The first-order valence-corrected chi connectivity index (χ1v) is 5.81. The summed E-state index contributed by atoms with van der Waals surface area (Å²) in [6.07, 6.45) is -1.12. The lowest BCUT2D eigenvalue weighted by molar-refractivity contribution is -0.329. The van der Waals surface area contributed by atoms with Crippen LogP contribution in [0.1, 0.15) is 6.92 Å². The Labute approximate surface area is 105 Å². The van der Waals surface area contributed by atoms with Gasteiger partial charge < -0.3 is 28.4 Å². The summed E-state index contributed by atoms with van der Waals surface area (Å²) in [6.45, 7) is 2.21. The van der Waals surface area contributed by atoms with Crippen LogP contribution in [0.4, 0.5) is 0 Å². The molecule has 2 saturated heterocycles. The highest BCUT2D eigenvalue weighted by Crippen LogP contribution is 2.26. The first-order valence-electron chi connectivity index (χ1n) is 5.81. The van der Waals surface area contributed by atoms with Gasteiger partial charge in [-0.05, 0) is 0 Å². The van der Waals surface area contributed by atoms with Crippen LogP contribution in [0.25, 0.3) is 0 Å². The Morgan fingerprint density at radius 3 is 2.11 bits per heavy atom. The van der Waals surface area contributed by atoms with Crippen LogP contribution in [0, 0.1) is 0 Å². The molecule has 0 aliphatic carbocycles. The fourth-order valence-corrected chi connectivity index (χ4v) is 2.08. The molecule has 0 aromatic heterocycles. The second-order valence-electron chi connectivity index (χ2n) is 4.17. The van der Waals surface area contributed by atoms with E-state index in [4.69, 9.17) is 28.4 Å². The molecular weight excluding hydrogens is 244 g/mol. The van der Waals surface area contributed by atoms with Crippen molar-refractivity contribution < 1.29 is 33.2 Å². The van der Waals surface area contributed by atoms with E-state index in [1.807, 2.05) is 0 Å². The number of methoxy groups -OCH3 is 1. The van der Waals surface area contributed by atoms with E-state index in [2.05, 4.69) is 0 Å². The number of carbonyl (C=O) groups excluding carboxylic acids is 1. The van der Waals surface area contributed by atoms with Gasteiger partial charge in [0.2, 0.25) is 0 Å². The minimum Gasteiger partial charge on any atom is -0.463 e. The van der Waals surface area contributed by atoms with Gasteiger partial charge in [-0.15, -0.1) is 0 Å². The van der Waals surface area contributed by atoms with Crippen LogP contribution in [-0.2, 0) is 33.2 Å². The molecule has 104 valence electrons. The fourth-order valence-electron chi connectivity index (χ4n) is 2.08. The van der Waals surface area contributed by atoms with Crippen LogP contribution in [0.2, 0.25) is 0 Å². The van der Waals surface area contributed by atoms with Crippen LogP contribution in [0.15, 0.2) is 0 Å². The second kappa shape index (κ2) is 6.44. The van der Waals surface area contributed by atoms with Crippen molar-refractivity contribution in [3.05, 3.63) is 0 Å². The largest absolute Gasteiger partial charge is 0.463 e. The minimum atomic E-state index is -0.345. The van der Waals surface area contributed by atoms with Crippen molar-refractivity contribution in [2.24, 2.45) is 0 Å². The molecule has 0 spiro atoms. The Hall–Kier alpha value is -0.730. The van der Waals surface area contributed by atoms with Crippen molar-refractivity contribution in [3.63, 3.8) is 0 Å². The summed E-state index contributed by atoms with van der Waals surface area (Å²) in [5.74, 6) is -0.345. The van der Waals surface area contributed by atoms with Gasteiger partial charge in [-0.1, -0.05) is 0 Å². The van der Waals surface area contributed by atoms with Crippen LogP contribution in [-0.4, -0.2) is 64.3 Å². The van der Waals surface area contributed by atoms with Crippen LogP contribution in [0.3, 0.4) is 0 Å². The van der Waals surface area contributed by atoms with E-state index in [0.717, 1.165) is 0 Å². The van der Waals surface area contributed by atoms with E-state index in [9.17, 15) is 4.79 Å². The van der Waals surface area contributed by atoms with Gasteiger partial charge in [-0.2, -0.15) is 0 Å². The lowest BCUT2D eigenvalue weighted by atomic mass is 10.0. The first kappa shape index (κ1) is 13.7. The number of ether oxygens (including phenoxy) is 6. The molecular formula is C11H18O7. The van der Waals surface area contributed by atoms with Gasteiger partial charge in [-0.3, -0.25) is 4.79 Å². The van der Waals surface area contributed by atoms with Gasteiger partial charge in [0.1, 0.15) is 44.6 Å². The molecule has 0 radical (unpaired) electrons. The highest BCUT2D eigenvalue weighted by Gasteiger charge is 2.44. The average molecular weight is 262 g/mol. The number of rotatable bonds is 4. The van der Waals surface area contributed by atoms with E-state index in [1.54, 1.807) is 7.11 Å². The smallest absolute Gasteiger partial charge is 0.302 e. The maximum atomic E-state index is 10.8. The second-order valence-corrected chi connectivity index (χ2v) is 4.17. The van der Waals surface area contributed by atoms with Crippen molar-refractivity contribution in [2.45, 2.75) is 31.3 Å². The molecule has 2 aliphatic rings. The molecule has 0 bridgehead atoms. The van der Waals surface area contributed by atoms with Gasteiger partial charge in [0.05, 0.1) is 6.61 Å². The predicted molar refractivity (Wildman–Crippen MR) is 57.7 cm³/mol. The Bertz CT molecular complexity index is 281. The minimum absolute atomic E-state index is 0.125. The van der Waals surface area contributed by atoms with E-state index in [-0.39, 0.29) is 50.6 Å². The maximum Gasteiger partial charge on any atom is 0.302 e. The van der Waals surface area contributed by atoms with E-state index in [0.29, 0.717) is 6.61 Å². The molecule has 2 aliphatic heterocycles. The molecule has 0 N–H and O–H groups in total. The molecule has 0 aromatic carbocycles. The van der Waals surface area contributed by atoms with Crippen molar-refractivity contribution >= 4 is 5.97 Å². The number of hydrogen-bond donors (Lipinski definition) is 0. The van der Waals surface area contributed by atoms with Gasteiger partial charge in [0, 0.05) is 14.0 Å². The van der Waals surface area contributed by atoms with Crippen LogP contribution in [0.5, 0.6) is 0 Å². The topological polar surface area (TPSA) is 72.5 Å². The first-order chi connectivity index (χ1) is 8.72. The maximum absolute atomic E-state index is 10.8. The number of carbonyl (C=O) groups is 1. The van der Waals surface area contributed by atoms with Gasteiger partial charge in [-0.25, -0.2) is 0 Å². The zero-order chi connectivity index (χ0) is 13.0. The van der Waals surface area contributed by atoms with Crippen molar-refractivity contribution in [2.75, 3.05) is 33.9 Å². The Morgan fingerprint density at radius 2 is 1.61 bits per heavy atom. The molecule has 0 aromatic rings. The van der Waals surface area contributed by atoms with Crippen molar-refractivity contribution in [3.8, 4) is 0 Å². The van der Waals surface area contributed by atoms with Gasteiger partial charge >= 0.3 is 5.97 Å². The third kappa shape index (κ3) is 3.18. The summed E-state index contributed by atoms with van der Waals surface area (Å²) in [7, 11) is 1.60. The monoisotopic (exact) mass is 262 g/mol. The third-order valence-electron chi connectivity index (χ3n) is 2.92. The lowest BCUT2D eigenvalue weighted by Gasteiger charge is -2.43. The van der Waals surface area contributed by atoms with Gasteiger partial charge in [0.25, 0.3) is 0 Å². The Morgan fingerprint density at radius 1 is 1.06 bits per heavy atom. The molecule has 4 unspecified atom stereocenters. The van der Waals surface area contributed by atoms with E-state index < -0.39 is 0 Å².